The van der Waals surface area contributed by atoms with Crippen LogP contribution in [0.2, 0.25) is 0 Å². The van der Waals surface area contributed by atoms with Gasteiger partial charge in [-0.25, -0.2) is 19.9 Å². The third-order valence-corrected chi connectivity index (χ3v) is 14.2. The Morgan fingerprint density at radius 1 is 0.230 bits per heavy atom. The molecule has 0 amide bonds. The molecule has 0 saturated carbocycles. The zero-order valence-corrected chi connectivity index (χ0v) is 40.1. The third kappa shape index (κ3) is 7.35. The number of rotatable bonds is 9. The Kier molecular flexibility index (Phi) is 10.4. The van der Waals surface area contributed by atoms with Crippen molar-refractivity contribution in [2.75, 3.05) is 0 Å². The number of benzene rings is 10. The summed E-state index contributed by atoms with van der Waals surface area (Å²) in [5.74, 6) is 1.76. The lowest BCUT2D eigenvalue weighted by Crippen LogP contribution is -2.03. The van der Waals surface area contributed by atoms with Crippen molar-refractivity contribution in [3.63, 3.8) is 0 Å². The van der Waals surface area contributed by atoms with Crippen LogP contribution < -0.4 is 0 Å². The predicted octanol–water partition coefficient (Wildman–Crippen LogP) is 17.1. The van der Waals surface area contributed by atoms with E-state index in [1.165, 1.54) is 5.39 Å². The molecular formula is C68H44N6. The standard InChI is InChI=1S/C68H44N6/c1-6-21-45(22-7-1)58-33-20-34-59(69-58)54-39-40-55(68-71-66(46-23-8-2-9-24-46)70-67(72-68)47-25-10-3-11-26-47)65(49-38-42-63-57(44-49)53-32-17-19-36-61(53)74(63)51-29-14-5-15-30-51)64(54)48-37-41-62-56(43-48)52-31-16-18-35-60(52)73(62)50-27-12-4-13-28-50/h1-44H. The molecule has 14 rings (SSSR count). The zero-order chi connectivity index (χ0) is 49.0. The first-order chi connectivity index (χ1) is 36.7. The Bertz CT molecular complexity index is 4340. The maximum Gasteiger partial charge on any atom is 0.164 e. The lowest BCUT2D eigenvalue weighted by Gasteiger charge is -2.21. The summed E-state index contributed by atoms with van der Waals surface area (Å²) in [6.07, 6.45) is 0. The first-order valence-electron chi connectivity index (χ1n) is 25.0. The van der Waals surface area contributed by atoms with E-state index in [0.717, 1.165) is 111 Å². The molecule has 6 nitrogen and oxygen atoms in total. The molecule has 0 saturated heterocycles. The van der Waals surface area contributed by atoms with Crippen molar-refractivity contribution in [3.05, 3.63) is 267 Å². The summed E-state index contributed by atoms with van der Waals surface area (Å²) in [5, 5.41) is 4.62. The Balaban J connectivity index is 1.12. The van der Waals surface area contributed by atoms with Crippen LogP contribution in [0.3, 0.4) is 0 Å². The molecule has 0 aliphatic rings. The van der Waals surface area contributed by atoms with Crippen LogP contribution in [-0.4, -0.2) is 29.1 Å². The fourth-order valence-electron chi connectivity index (χ4n) is 10.9. The number of hydrogen-bond acceptors (Lipinski definition) is 4. The zero-order valence-electron chi connectivity index (χ0n) is 40.1. The van der Waals surface area contributed by atoms with Gasteiger partial charge in [0.25, 0.3) is 0 Å². The van der Waals surface area contributed by atoms with Crippen LogP contribution in [-0.2, 0) is 0 Å². The lowest BCUT2D eigenvalue weighted by molar-refractivity contribution is 1.07. The highest BCUT2D eigenvalue weighted by Gasteiger charge is 2.25. The summed E-state index contributed by atoms with van der Waals surface area (Å²) in [7, 11) is 0. The van der Waals surface area contributed by atoms with Crippen LogP contribution >= 0.6 is 0 Å². The minimum atomic E-state index is 0.570. The van der Waals surface area contributed by atoms with Gasteiger partial charge in [-0.1, -0.05) is 188 Å². The van der Waals surface area contributed by atoms with Gasteiger partial charge in [0.15, 0.2) is 17.5 Å². The van der Waals surface area contributed by atoms with Gasteiger partial charge in [0.05, 0.1) is 33.5 Å². The first-order valence-corrected chi connectivity index (χ1v) is 25.0. The normalized spacial score (nSPS) is 11.5. The summed E-state index contributed by atoms with van der Waals surface area (Å²) in [4.78, 5) is 21.5. The van der Waals surface area contributed by atoms with E-state index in [9.17, 15) is 0 Å². The monoisotopic (exact) mass is 944 g/mol. The van der Waals surface area contributed by atoms with Crippen molar-refractivity contribution in [1.29, 1.82) is 0 Å². The molecule has 74 heavy (non-hydrogen) atoms. The maximum atomic E-state index is 5.48. The van der Waals surface area contributed by atoms with Gasteiger partial charge in [-0.3, -0.25) is 0 Å². The Hall–Kier alpha value is -10.0. The summed E-state index contributed by atoms with van der Waals surface area (Å²) < 4.78 is 4.74. The smallest absolute Gasteiger partial charge is 0.164 e. The second kappa shape index (κ2) is 18.0. The molecule has 346 valence electrons. The molecule has 4 aromatic heterocycles. The van der Waals surface area contributed by atoms with Gasteiger partial charge in [0.1, 0.15) is 0 Å². The highest BCUT2D eigenvalue weighted by atomic mass is 15.0. The van der Waals surface area contributed by atoms with Gasteiger partial charge >= 0.3 is 0 Å². The number of aromatic nitrogens is 6. The number of pyridine rings is 1. The van der Waals surface area contributed by atoms with Crippen LogP contribution in [0.25, 0.3) is 134 Å². The predicted molar refractivity (Wildman–Crippen MR) is 304 cm³/mol. The SMILES string of the molecule is c1ccc(-c2cccc(-c3ccc(-c4nc(-c5ccccc5)nc(-c5ccccc5)n4)c(-c4ccc5c(c4)c4ccccc4n5-c4ccccc4)c3-c3ccc4c(c3)c3ccccc3n4-c3ccccc3)n2)cc1. The Labute approximate surface area is 427 Å². The number of nitrogens with zero attached hydrogens (tertiary/aromatic N) is 6. The minimum absolute atomic E-state index is 0.570. The van der Waals surface area contributed by atoms with E-state index >= 15 is 0 Å². The molecule has 6 heteroatoms. The molecule has 4 heterocycles. The highest BCUT2D eigenvalue weighted by Crippen LogP contribution is 2.48. The van der Waals surface area contributed by atoms with E-state index in [1.807, 2.05) is 42.5 Å². The topological polar surface area (TPSA) is 61.4 Å². The Morgan fingerprint density at radius 2 is 0.622 bits per heavy atom. The van der Waals surface area contributed by atoms with Crippen LogP contribution in [0, 0.1) is 0 Å². The number of para-hydroxylation sites is 4. The molecule has 0 atom stereocenters. The summed E-state index contributed by atoms with van der Waals surface area (Å²) >= 11 is 0. The molecule has 0 bridgehead atoms. The van der Waals surface area contributed by atoms with Crippen molar-refractivity contribution >= 4 is 43.6 Å². The quantitative estimate of drug-likeness (QED) is 0.145. The second-order valence-electron chi connectivity index (χ2n) is 18.6. The van der Waals surface area contributed by atoms with Crippen molar-refractivity contribution in [1.82, 2.24) is 29.1 Å². The van der Waals surface area contributed by atoms with Gasteiger partial charge < -0.3 is 9.13 Å². The number of fused-ring (bicyclic) bond motifs is 6. The summed E-state index contributed by atoms with van der Waals surface area (Å²) in [5.41, 5.74) is 17.3. The fraction of sp³-hybridized carbons (Fsp3) is 0. The average molecular weight is 945 g/mol. The van der Waals surface area contributed by atoms with Crippen LogP contribution in [0.15, 0.2) is 267 Å². The van der Waals surface area contributed by atoms with Crippen molar-refractivity contribution in [2.24, 2.45) is 0 Å². The van der Waals surface area contributed by atoms with Crippen molar-refractivity contribution in [3.8, 4) is 90.3 Å². The molecule has 0 aliphatic carbocycles. The largest absolute Gasteiger partial charge is 0.309 e. The molecule has 0 aliphatic heterocycles. The number of hydrogen-bond donors (Lipinski definition) is 0. The molecule has 0 spiro atoms. The highest BCUT2D eigenvalue weighted by molar-refractivity contribution is 6.14. The molecule has 0 radical (unpaired) electrons. The van der Waals surface area contributed by atoms with Gasteiger partial charge in [-0.05, 0) is 95.6 Å². The molecule has 0 N–H and O–H groups in total. The lowest BCUT2D eigenvalue weighted by atomic mass is 9.84. The molecule has 10 aromatic carbocycles. The van der Waals surface area contributed by atoms with E-state index in [1.54, 1.807) is 0 Å². The van der Waals surface area contributed by atoms with E-state index in [2.05, 4.69) is 234 Å². The second-order valence-corrected chi connectivity index (χ2v) is 18.6. The van der Waals surface area contributed by atoms with Gasteiger partial charge in [0, 0.05) is 66.3 Å². The molecule has 0 unspecified atom stereocenters. The Morgan fingerprint density at radius 3 is 1.14 bits per heavy atom. The van der Waals surface area contributed by atoms with E-state index < -0.39 is 0 Å². The van der Waals surface area contributed by atoms with E-state index in [-0.39, 0.29) is 0 Å². The van der Waals surface area contributed by atoms with Crippen molar-refractivity contribution < 1.29 is 0 Å². The van der Waals surface area contributed by atoms with Gasteiger partial charge in [-0.2, -0.15) is 0 Å². The van der Waals surface area contributed by atoms with E-state index in [0.29, 0.717) is 17.5 Å². The average Bonchev–Trinajstić information content (AvgIpc) is 4.03. The molecular weight excluding hydrogens is 901 g/mol. The van der Waals surface area contributed by atoms with Crippen molar-refractivity contribution in [2.45, 2.75) is 0 Å². The third-order valence-electron chi connectivity index (χ3n) is 14.2. The van der Waals surface area contributed by atoms with Crippen LogP contribution in [0.5, 0.6) is 0 Å². The first kappa shape index (κ1) is 42.8. The van der Waals surface area contributed by atoms with Crippen LogP contribution in [0.4, 0.5) is 0 Å². The fourth-order valence-corrected chi connectivity index (χ4v) is 10.9. The van der Waals surface area contributed by atoms with E-state index in [4.69, 9.17) is 19.9 Å². The van der Waals surface area contributed by atoms with Crippen LogP contribution in [0.1, 0.15) is 0 Å². The van der Waals surface area contributed by atoms with Gasteiger partial charge in [-0.15, -0.1) is 0 Å². The maximum absolute atomic E-state index is 5.48. The minimum Gasteiger partial charge on any atom is -0.309 e. The summed E-state index contributed by atoms with van der Waals surface area (Å²) in [6.45, 7) is 0. The van der Waals surface area contributed by atoms with Gasteiger partial charge in [0.2, 0.25) is 0 Å². The molecule has 0 fully saturated rings. The molecule has 14 aromatic rings. The summed E-state index contributed by atoms with van der Waals surface area (Å²) in [6, 6.07) is 94.1.